The topological polar surface area (TPSA) is 237 Å². The second-order valence-corrected chi connectivity index (χ2v) is 32.0. The lowest BCUT2D eigenvalue weighted by atomic mass is 10.0. The SMILES string of the molecule is CCCCCCCCCCCCCCCCCCC(=O)O[C@H](COC(=O)CCCCCCCCC)COP(=O)(O)OC[C@H](O)COP(=O)(O)OC[C@@H](COC(=O)CCCCCCCCCCCCCCCCC(C)C)OC(=O)CCCCCCCCCCCCCCCCC(C)C. The number of phosphoric ester groups is 2. The molecule has 97 heavy (non-hydrogen) atoms. The highest BCUT2D eigenvalue weighted by Gasteiger charge is 2.30. The summed E-state index contributed by atoms with van der Waals surface area (Å²) in [5.41, 5.74) is 0. The molecule has 0 bridgehead atoms. The Morgan fingerprint density at radius 2 is 0.474 bits per heavy atom. The summed E-state index contributed by atoms with van der Waals surface area (Å²) in [7, 11) is -9.91. The summed E-state index contributed by atoms with van der Waals surface area (Å²) in [4.78, 5) is 72.8. The van der Waals surface area contributed by atoms with E-state index in [-0.39, 0.29) is 25.7 Å². The lowest BCUT2D eigenvalue weighted by Gasteiger charge is -2.21. The van der Waals surface area contributed by atoms with Crippen LogP contribution in [0.15, 0.2) is 0 Å². The number of unbranched alkanes of at least 4 members (excludes halogenated alkanes) is 47. The van der Waals surface area contributed by atoms with Gasteiger partial charge in [0.2, 0.25) is 0 Å². The molecule has 0 radical (unpaired) electrons. The van der Waals surface area contributed by atoms with Crippen LogP contribution in [0.2, 0.25) is 0 Å². The highest BCUT2D eigenvalue weighted by atomic mass is 31.2. The molecule has 0 heterocycles. The van der Waals surface area contributed by atoms with Crippen LogP contribution in [0.4, 0.5) is 0 Å². The Bertz CT molecular complexity index is 1870. The van der Waals surface area contributed by atoms with E-state index in [0.29, 0.717) is 25.7 Å². The molecule has 0 aromatic heterocycles. The Balaban J connectivity index is 5.19. The van der Waals surface area contributed by atoms with E-state index >= 15 is 0 Å². The van der Waals surface area contributed by atoms with Gasteiger partial charge in [-0.05, 0) is 37.5 Å². The van der Waals surface area contributed by atoms with Gasteiger partial charge in [-0.3, -0.25) is 37.3 Å². The zero-order valence-corrected chi connectivity index (χ0v) is 65.2. The summed E-state index contributed by atoms with van der Waals surface area (Å²) < 4.78 is 68.5. The minimum absolute atomic E-state index is 0.108. The van der Waals surface area contributed by atoms with Crippen molar-refractivity contribution in [3.8, 4) is 0 Å². The van der Waals surface area contributed by atoms with E-state index in [9.17, 15) is 43.2 Å². The van der Waals surface area contributed by atoms with Crippen LogP contribution in [0.5, 0.6) is 0 Å². The van der Waals surface area contributed by atoms with Crippen LogP contribution in [0.3, 0.4) is 0 Å². The molecule has 0 aromatic rings. The molecule has 0 rings (SSSR count). The molecule has 0 aliphatic carbocycles. The number of carbonyl (C=O) groups is 4. The van der Waals surface area contributed by atoms with Gasteiger partial charge in [-0.15, -0.1) is 0 Å². The predicted molar refractivity (Wildman–Crippen MR) is 395 cm³/mol. The number of hydrogen-bond acceptors (Lipinski definition) is 15. The first-order chi connectivity index (χ1) is 46.9. The molecule has 0 saturated heterocycles. The molecule has 576 valence electrons. The first-order valence-corrected chi connectivity index (χ1v) is 43.5. The number of rotatable bonds is 77. The highest BCUT2D eigenvalue weighted by Crippen LogP contribution is 2.45. The summed E-state index contributed by atoms with van der Waals surface area (Å²) >= 11 is 0. The maximum atomic E-state index is 13.1. The van der Waals surface area contributed by atoms with Gasteiger partial charge in [-0.1, -0.05) is 356 Å². The Hall–Kier alpha value is -1.94. The summed E-state index contributed by atoms with van der Waals surface area (Å²) in [5, 5.41) is 10.6. The van der Waals surface area contributed by atoms with Crippen molar-refractivity contribution in [1.82, 2.24) is 0 Å². The van der Waals surface area contributed by atoms with Gasteiger partial charge in [0.05, 0.1) is 26.4 Å². The lowest BCUT2D eigenvalue weighted by molar-refractivity contribution is -0.161. The van der Waals surface area contributed by atoms with E-state index < -0.39 is 97.5 Å². The molecule has 0 amide bonds. The fourth-order valence-corrected chi connectivity index (χ4v) is 13.6. The number of carbonyl (C=O) groups excluding carboxylic acids is 4. The van der Waals surface area contributed by atoms with Crippen molar-refractivity contribution in [2.75, 3.05) is 39.6 Å². The molecule has 3 N–H and O–H groups in total. The van der Waals surface area contributed by atoms with Crippen molar-refractivity contribution in [2.45, 2.75) is 426 Å². The van der Waals surface area contributed by atoms with Crippen molar-refractivity contribution in [2.24, 2.45) is 11.8 Å². The van der Waals surface area contributed by atoms with E-state index in [1.165, 1.54) is 212 Å². The van der Waals surface area contributed by atoms with Crippen molar-refractivity contribution >= 4 is 39.5 Å². The lowest BCUT2D eigenvalue weighted by Crippen LogP contribution is -2.30. The number of hydrogen-bond donors (Lipinski definition) is 3. The van der Waals surface area contributed by atoms with E-state index in [1.807, 2.05) is 0 Å². The van der Waals surface area contributed by atoms with Gasteiger partial charge in [0.1, 0.15) is 19.3 Å². The number of aliphatic hydroxyl groups is 1. The summed E-state index contributed by atoms with van der Waals surface area (Å²) in [6.45, 7) is 9.62. The number of phosphoric acid groups is 2. The van der Waals surface area contributed by atoms with Gasteiger partial charge < -0.3 is 33.8 Å². The Morgan fingerprint density at radius 1 is 0.278 bits per heavy atom. The fraction of sp³-hybridized carbons (Fsp3) is 0.949. The van der Waals surface area contributed by atoms with Crippen LogP contribution in [-0.2, 0) is 65.4 Å². The van der Waals surface area contributed by atoms with E-state index in [2.05, 4.69) is 41.5 Å². The maximum Gasteiger partial charge on any atom is 0.472 e. The molecule has 2 unspecified atom stereocenters. The zero-order valence-electron chi connectivity index (χ0n) is 63.4. The Kier molecular flexibility index (Phi) is 68.4. The Labute approximate surface area is 594 Å². The molecule has 17 nitrogen and oxygen atoms in total. The molecule has 0 aliphatic heterocycles. The largest absolute Gasteiger partial charge is 0.472 e. The first kappa shape index (κ1) is 95.1. The van der Waals surface area contributed by atoms with Crippen molar-refractivity contribution in [3.63, 3.8) is 0 Å². The average Bonchev–Trinajstić information content (AvgIpc) is 1.18. The summed E-state index contributed by atoms with van der Waals surface area (Å²) in [6, 6.07) is 0. The fourth-order valence-electron chi connectivity index (χ4n) is 12.0. The monoisotopic (exact) mass is 1420 g/mol. The quantitative estimate of drug-likeness (QED) is 0.0222. The van der Waals surface area contributed by atoms with Crippen molar-refractivity contribution in [3.05, 3.63) is 0 Å². The van der Waals surface area contributed by atoms with E-state index in [1.54, 1.807) is 0 Å². The molecule has 0 aliphatic rings. The minimum Gasteiger partial charge on any atom is -0.462 e. The molecular formula is C78H152O17P2. The number of ether oxygens (including phenoxy) is 4. The zero-order chi connectivity index (χ0) is 71.4. The third-order valence-corrected chi connectivity index (χ3v) is 20.1. The number of esters is 4. The van der Waals surface area contributed by atoms with Crippen LogP contribution in [0, 0.1) is 11.8 Å². The van der Waals surface area contributed by atoms with Gasteiger partial charge >= 0.3 is 39.5 Å². The summed E-state index contributed by atoms with van der Waals surface area (Å²) in [6.07, 6.45) is 58.3. The number of aliphatic hydroxyl groups excluding tert-OH is 1. The van der Waals surface area contributed by atoms with Crippen LogP contribution in [0.1, 0.15) is 408 Å². The van der Waals surface area contributed by atoms with Crippen molar-refractivity contribution in [1.29, 1.82) is 0 Å². The van der Waals surface area contributed by atoms with E-state index in [0.717, 1.165) is 115 Å². The normalized spacial score (nSPS) is 14.0. The highest BCUT2D eigenvalue weighted by molar-refractivity contribution is 7.47. The molecule has 19 heteroatoms. The second-order valence-electron chi connectivity index (χ2n) is 29.1. The van der Waals surface area contributed by atoms with E-state index in [4.69, 9.17) is 37.0 Å². The Morgan fingerprint density at radius 3 is 0.701 bits per heavy atom. The predicted octanol–water partition coefficient (Wildman–Crippen LogP) is 23.1. The van der Waals surface area contributed by atoms with Crippen molar-refractivity contribution < 1.29 is 80.2 Å². The van der Waals surface area contributed by atoms with Gasteiger partial charge in [0, 0.05) is 25.7 Å². The molecule has 0 saturated carbocycles. The third-order valence-electron chi connectivity index (χ3n) is 18.2. The van der Waals surface area contributed by atoms with Gasteiger partial charge in [0.25, 0.3) is 0 Å². The average molecular weight is 1420 g/mol. The van der Waals surface area contributed by atoms with Gasteiger partial charge in [-0.25, -0.2) is 9.13 Å². The molecule has 0 spiro atoms. The van der Waals surface area contributed by atoms with Gasteiger partial charge in [0.15, 0.2) is 12.2 Å². The van der Waals surface area contributed by atoms with Crippen LogP contribution in [-0.4, -0.2) is 96.7 Å². The van der Waals surface area contributed by atoms with Crippen LogP contribution < -0.4 is 0 Å². The van der Waals surface area contributed by atoms with Crippen LogP contribution >= 0.6 is 15.6 Å². The first-order valence-electron chi connectivity index (χ1n) is 40.5. The summed E-state index contributed by atoms with van der Waals surface area (Å²) in [5.74, 6) is -0.521. The molecular weight excluding hydrogens is 1270 g/mol. The smallest absolute Gasteiger partial charge is 0.462 e. The molecule has 0 aromatic carbocycles. The van der Waals surface area contributed by atoms with Gasteiger partial charge in [-0.2, -0.15) is 0 Å². The molecule has 5 atom stereocenters. The third kappa shape index (κ3) is 72.2. The second kappa shape index (κ2) is 69.8. The minimum atomic E-state index is -4.96. The standard InChI is InChI=1S/C78H152O17P2/c1-7-9-11-13-15-16-17-18-19-20-28-33-38-44-50-56-62-77(82)94-73(66-88-75(80)60-54-48-40-14-12-10-8-2)68-92-96(84,85)90-64-72(79)65-91-97(86,87)93-69-74(95-78(83)63-57-51-45-39-34-29-24-22-26-31-36-42-47-53-59-71(5)6)67-89-76(81)61-55-49-43-37-32-27-23-21-25-30-35-41-46-52-58-70(3)4/h70-74,79H,7-69H2,1-6H3,(H,84,85)(H,86,87)/t72-,73+,74+/m0/s1. The maximum absolute atomic E-state index is 13.1. The molecule has 0 fully saturated rings. The van der Waals surface area contributed by atoms with Crippen LogP contribution in [0.25, 0.3) is 0 Å².